The highest BCUT2D eigenvalue weighted by molar-refractivity contribution is 5.89. The van der Waals surface area contributed by atoms with Gasteiger partial charge in [0.25, 0.3) is 0 Å². The number of rotatable bonds is 7. The lowest BCUT2D eigenvalue weighted by Gasteiger charge is -2.25. The van der Waals surface area contributed by atoms with Crippen LogP contribution in [0.25, 0.3) is 0 Å². The minimum absolute atomic E-state index is 0.136. The summed E-state index contributed by atoms with van der Waals surface area (Å²) in [5.74, 6) is -0.712. The largest absolute Gasteiger partial charge is 0.495 e. The average molecular weight is 324 g/mol. The molecule has 1 rings (SSSR count). The molecule has 1 aromatic rings. The molecule has 0 unspecified atom stereocenters. The highest BCUT2D eigenvalue weighted by atomic mass is 16.6. The number of carbonyl (C=O) groups is 3. The van der Waals surface area contributed by atoms with Gasteiger partial charge in [0.1, 0.15) is 5.75 Å². The van der Waals surface area contributed by atoms with Crippen molar-refractivity contribution < 1.29 is 28.6 Å². The van der Waals surface area contributed by atoms with E-state index in [2.05, 4.69) is 5.32 Å². The maximum atomic E-state index is 11.2. The molecular formula is C15H20N2O6. The van der Waals surface area contributed by atoms with Crippen LogP contribution < -0.4 is 15.0 Å². The van der Waals surface area contributed by atoms with Gasteiger partial charge in [-0.15, -0.1) is 0 Å². The van der Waals surface area contributed by atoms with Crippen LogP contribution in [0.5, 0.6) is 5.75 Å². The molecule has 0 saturated carbocycles. The fourth-order valence-corrected chi connectivity index (χ4v) is 1.73. The fraction of sp³-hybridized carbons (Fsp3) is 0.400. The summed E-state index contributed by atoms with van der Waals surface area (Å²) < 4.78 is 15.2. The summed E-state index contributed by atoms with van der Waals surface area (Å²) >= 11 is 0. The van der Waals surface area contributed by atoms with Crippen LogP contribution in [0, 0.1) is 0 Å². The van der Waals surface area contributed by atoms with Gasteiger partial charge in [0.15, 0.2) is 13.5 Å². The van der Waals surface area contributed by atoms with E-state index in [0.29, 0.717) is 17.1 Å². The molecular weight excluding hydrogens is 304 g/mol. The number of benzene rings is 1. The van der Waals surface area contributed by atoms with Crippen molar-refractivity contribution in [1.82, 2.24) is 0 Å². The van der Waals surface area contributed by atoms with Gasteiger partial charge >= 0.3 is 11.9 Å². The van der Waals surface area contributed by atoms with E-state index in [4.69, 9.17) is 14.2 Å². The molecule has 0 fully saturated rings. The minimum atomic E-state index is -0.477. The van der Waals surface area contributed by atoms with Crippen LogP contribution in [-0.4, -0.2) is 38.4 Å². The number of amides is 1. The smallest absolute Gasteiger partial charge is 0.304 e. The Bertz CT molecular complexity index is 569. The first-order chi connectivity index (χ1) is 10.8. The SMILES string of the molecule is COc1ccc(NC(C)=O)cc1N(COC(C)=O)COC(C)=O. The minimum Gasteiger partial charge on any atom is -0.495 e. The Kier molecular flexibility index (Phi) is 6.85. The van der Waals surface area contributed by atoms with Gasteiger partial charge in [0, 0.05) is 26.5 Å². The molecule has 1 N–H and O–H groups in total. The number of ether oxygens (including phenoxy) is 3. The second kappa shape index (κ2) is 8.62. The summed E-state index contributed by atoms with van der Waals surface area (Å²) in [7, 11) is 1.48. The monoisotopic (exact) mass is 324 g/mol. The van der Waals surface area contributed by atoms with Crippen molar-refractivity contribution in [3.05, 3.63) is 18.2 Å². The van der Waals surface area contributed by atoms with Crippen molar-refractivity contribution in [2.24, 2.45) is 0 Å². The van der Waals surface area contributed by atoms with E-state index in [9.17, 15) is 14.4 Å². The fourth-order valence-electron chi connectivity index (χ4n) is 1.73. The lowest BCUT2D eigenvalue weighted by molar-refractivity contribution is -0.143. The molecule has 0 atom stereocenters. The Hall–Kier alpha value is -2.77. The van der Waals surface area contributed by atoms with Crippen LogP contribution in [-0.2, 0) is 23.9 Å². The molecule has 0 heterocycles. The molecule has 0 radical (unpaired) electrons. The number of hydrogen-bond acceptors (Lipinski definition) is 7. The third-order valence-electron chi connectivity index (χ3n) is 2.69. The lowest BCUT2D eigenvalue weighted by atomic mass is 10.2. The Balaban J connectivity index is 3.10. The standard InChI is InChI=1S/C15H20N2O6/c1-10(18)16-13-5-6-15(21-4)14(7-13)17(8-22-11(2)19)9-23-12(3)20/h5-7H,8-9H2,1-4H3,(H,16,18). The number of nitrogens with one attached hydrogen (secondary N) is 1. The summed E-state index contributed by atoms with van der Waals surface area (Å²) in [5.41, 5.74) is 1.03. The number of anilines is 2. The van der Waals surface area contributed by atoms with Crippen molar-refractivity contribution in [3.8, 4) is 5.75 Å². The van der Waals surface area contributed by atoms with Crippen molar-refractivity contribution in [3.63, 3.8) is 0 Å². The zero-order valence-corrected chi connectivity index (χ0v) is 13.5. The summed E-state index contributed by atoms with van der Waals surface area (Å²) in [4.78, 5) is 34.8. The zero-order valence-electron chi connectivity index (χ0n) is 13.5. The van der Waals surface area contributed by atoms with Gasteiger partial charge in [-0.25, -0.2) is 0 Å². The Morgan fingerprint density at radius 1 is 1.04 bits per heavy atom. The number of carbonyl (C=O) groups excluding carboxylic acids is 3. The molecule has 0 spiro atoms. The van der Waals surface area contributed by atoms with E-state index in [0.717, 1.165) is 0 Å². The molecule has 126 valence electrons. The lowest BCUT2D eigenvalue weighted by Crippen LogP contribution is -2.31. The Labute approximate surface area is 134 Å². The van der Waals surface area contributed by atoms with E-state index in [1.54, 1.807) is 18.2 Å². The van der Waals surface area contributed by atoms with Crippen molar-refractivity contribution >= 4 is 29.2 Å². The summed E-state index contributed by atoms with van der Waals surface area (Å²) in [6, 6.07) is 4.95. The van der Waals surface area contributed by atoms with Gasteiger partial charge in [0.2, 0.25) is 5.91 Å². The van der Waals surface area contributed by atoms with Gasteiger partial charge in [-0.3, -0.25) is 14.4 Å². The summed E-state index contributed by atoms with van der Waals surface area (Å²) in [6.07, 6.45) is 0. The third kappa shape index (κ3) is 6.25. The quantitative estimate of drug-likeness (QED) is 0.600. The Morgan fingerprint density at radius 3 is 2.04 bits per heavy atom. The Morgan fingerprint density at radius 2 is 1.61 bits per heavy atom. The van der Waals surface area contributed by atoms with Gasteiger partial charge in [-0.05, 0) is 18.2 Å². The first-order valence-electron chi connectivity index (χ1n) is 6.80. The molecule has 23 heavy (non-hydrogen) atoms. The maximum absolute atomic E-state index is 11.2. The highest BCUT2D eigenvalue weighted by Gasteiger charge is 2.16. The molecule has 0 bridgehead atoms. The molecule has 0 aromatic heterocycles. The average Bonchev–Trinajstić information content (AvgIpc) is 2.46. The first-order valence-corrected chi connectivity index (χ1v) is 6.80. The van der Waals surface area contributed by atoms with Crippen LogP contribution in [0.2, 0.25) is 0 Å². The summed E-state index contributed by atoms with van der Waals surface area (Å²) in [5, 5.41) is 2.64. The first kappa shape index (κ1) is 18.3. The van der Waals surface area contributed by atoms with Crippen LogP contribution in [0.3, 0.4) is 0 Å². The van der Waals surface area contributed by atoms with E-state index in [1.165, 1.54) is 32.8 Å². The van der Waals surface area contributed by atoms with Crippen molar-refractivity contribution in [1.29, 1.82) is 0 Å². The van der Waals surface area contributed by atoms with Gasteiger partial charge in [0.05, 0.1) is 12.8 Å². The second-order valence-electron chi connectivity index (χ2n) is 4.64. The van der Waals surface area contributed by atoms with E-state index >= 15 is 0 Å². The molecule has 0 saturated heterocycles. The molecule has 8 heteroatoms. The third-order valence-corrected chi connectivity index (χ3v) is 2.69. The molecule has 0 aliphatic carbocycles. The second-order valence-corrected chi connectivity index (χ2v) is 4.64. The molecule has 1 amide bonds. The van der Waals surface area contributed by atoms with Crippen LogP contribution in [0.4, 0.5) is 11.4 Å². The topological polar surface area (TPSA) is 94.2 Å². The predicted octanol–water partition coefficient (Wildman–Crippen LogP) is 1.50. The number of hydrogen-bond donors (Lipinski definition) is 1. The van der Waals surface area contributed by atoms with Gasteiger partial charge in [-0.2, -0.15) is 0 Å². The van der Waals surface area contributed by atoms with Crippen LogP contribution >= 0.6 is 0 Å². The van der Waals surface area contributed by atoms with E-state index in [-0.39, 0.29) is 19.4 Å². The normalized spacial score (nSPS) is 9.74. The van der Waals surface area contributed by atoms with Crippen LogP contribution in [0.15, 0.2) is 18.2 Å². The van der Waals surface area contributed by atoms with E-state index in [1.807, 2.05) is 0 Å². The highest BCUT2D eigenvalue weighted by Crippen LogP contribution is 2.31. The van der Waals surface area contributed by atoms with Crippen LogP contribution in [0.1, 0.15) is 20.8 Å². The zero-order chi connectivity index (χ0) is 17.4. The van der Waals surface area contributed by atoms with Gasteiger partial charge < -0.3 is 24.4 Å². The molecule has 0 aliphatic heterocycles. The van der Waals surface area contributed by atoms with Gasteiger partial charge in [-0.1, -0.05) is 0 Å². The van der Waals surface area contributed by atoms with Crippen molar-refractivity contribution in [2.45, 2.75) is 20.8 Å². The molecule has 0 aliphatic rings. The predicted molar refractivity (Wildman–Crippen MR) is 83.0 cm³/mol. The van der Waals surface area contributed by atoms with Crippen molar-refractivity contribution in [2.75, 3.05) is 30.8 Å². The molecule has 1 aromatic carbocycles. The number of esters is 2. The maximum Gasteiger partial charge on any atom is 0.304 e. The molecule has 8 nitrogen and oxygen atoms in total. The summed E-state index contributed by atoms with van der Waals surface area (Å²) in [6.45, 7) is 3.66. The number of nitrogens with zero attached hydrogens (tertiary/aromatic N) is 1. The number of methoxy groups -OCH3 is 1. The van der Waals surface area contributed by atoms with E-state index < -0.39 is 11.9 Å².